The minimum absolute atomic E-state index is 0.228. The lowest BCUT2D eigenvalue weighted by atomic mass is 10.1. The van der Waals surface area contributed by atoms with E-state index in [0.29, 0.717) is 22.2 Å². The molecule has 3 aromatic rings. The molecule has 0 saturated heterocycles. The summed E-state index contributed by atoms with van der Waals surface area (Å²) in [5.74, 6) is 0.272. The highest BCUT2D eigenvalue weighted by atomic mass is 32.1. The number of aromatic nitrogens is 3. The summed E-state index contributed by atoms with van der Waals surface area (Å²) in [5.41, 5.74) is 2.16. The zero-order valence-electron chi connectivity index (χ0n) is 12.3. The molecule has 114 valence electrons. The Balaban J connectivity index is 1.72. The summed E-state index contributed by atoms with van der Waals surface area (Å²) in [6, 6.07) is 12.7. The zero-order chi connectivity index (χ0) is 16.1. The highest BCUT2D eigenvalue weighted by Crippen LogP contribution is 2.19. The number of benzene rings is 1. The third-order valence-corrected chi connectivity index (χ3v) is 3.62. The number of rotatable bonds is 4. The Hall–Kier alpha value is -2.93. The first-order valence-electron chi connectivity index (χ1n) is 6.85. The van der Waals surface area contributed by atoms with Gasteiger partial charge in [0.15, 0.2) is 5.82 Å². The van der Waals surface area contributed by atoms with Gasteiger partial charge in [-0.3, -0.25) is 20.1 Å². The van der Waals surface area contributed by atoms with Gasteiger partial charge in [-0.15, -0.1) is 0 Å². The molecule has 0 aliphatic heterocycles. The van der Waals surface area contributed by atoms with Crippen molar-refractivity contribution in [2.24, 2.45) is 4.99 Å². The van der Waals surface area contributed by atoms with E-state index in [4.69, 9.17) is 0 Å². The molecule has 23 heavy (non-hydrogen) atoms. The summed E-state index contributed by atoms with van der Waals surface area (Å²) in [6.45, 7) is 0. The molecular weight excluding hydrogens is 310 g/mol. The second kappa shape index (κ2) is 6.89. The van der Waals surface area contributed by atoms with Crippen molar-refractivity contribution < 1.29 is 4.79 Å². The fraction of sp³-hybridized carbons (Fsp3) is 0.0625. The van der Waals surface area contributed by atoms with Gasteiger partial charge >= 0.3 is 0 Å². The van der Waals surface area contributed by atoms with Crippen LogP contribution in [0.2, 0.25) is 0 Å². The first-order chi connectivity index (χ1) is 11.3. The van der Waals surface area contributed by atoms with Gasteiger partial charge in [-0.05, 0) is 29.8 Å². The minimum atomic E-state index is -0.228. The van der Waals surface area contributed by atoms with Gasteiger partial charge in [0.2, 0.25) is 5.13 Å². The number of nitrogens with one attached hydrogen (secondary N) is 1. The van der Waals surface area contributed by atoms with Gasteiger partial charge in [0.1, 0.15) is 5.69 Å². The lowest BCUT2D eigenvalue weighted by Gasteiger charge is -2.01. The predicted octanol–water partition coefficient (Wildman–Crippen LogP) is 2.90. The van der Waals surface area contributed by atoms with Crippen LogP contribution in [0.4, 0.5) is 5.13 Å². The summed E-state index contributed by atoms with van der Waals surface area (Å²) in [4.78, 5) is 24.6. The Kier molecular flexibility index (Phi) is 4.49. The number of pyridine rings is 1. The van der Waals surface area contributed by atoms with E-state index in [9.17, 15) is 4.79 Å². The second-order valence-corrected chi connectivity index (χ2v) is 5.35. The Morgan fingerprint density at radius 2 is 2.04 bits per heavy atom. The van der Waals surface area contributed by atoms with Crippen LogP contribution < -0.4 is 5.32 Å². The van der Waals surface area contributed by atoms with Crippen LogP contribution in [-0.2, 0) is 0 Å². The van der Waals surface area contributed by atoms with Crippen LogP contribution in [0.25, 0.3) is 11.5 Å². The maximum absolute atomic E-state index is 12.2. The van der Waals surface area contributed by atoms with Crippen molar-refractivity contribution in [3.05, 3.63) is 59.8 Å². The molecule has 0 radical (unpaired) electrons. The minimum Gasteiger partial charge on any atom is -0.297 e. The Labute approximate surface area is 137 Å². The molecule has 0 spiro atoms. The second-order valence-electron chi connectivity index (χ2n) is 4.60. The van der Waals surface area contributed by atoms with Crippen molar-refractivity contribution in [3.63, 3.8) is 0 Å². The van der Waals surface area contributed by atoms with E-state index in [-0.39, 0.29) is 5.91 Å². The summed E-state index contributed by atoms with van der Waals surface area (Å²) < 4.78 is 4.21. The predicted molar refractivity (Wildman–Crippen MR) is 91.1 cm³/mol. The molecule has 0 aliphatic rings. The van der Waals surface area contributed by atoms with Gasteiger partial charge in [-0.2, -0.15) is 9.36 Å². The standard InChI is InChI=1S/C16H13N5OS/c1-17-10-11-5-7-12(8-6-11)15(22)20-16-19-14(21-23-16)13-4-2-3-9-18-13/h2-10H,1H3,(H,19,20,21,22)/b17-10+. The molecule has 1 amide bonds. The summed E-state index contributed by atoms with van der Waals surface area (Å²) in [7, 11) is 1.70. The Morgan fingerprint density at radius 1 is 1.22 bits per heavy atom. The molecule has 0 unspecified atom stereocenters. The number of nitrogens with zero attached hydrogens (tertiary/aromatic N) is 4. The van der Waals surface area contributed by atoms with E-state index in [1.165, 1.54) is 0 Å². The van der Waals surface area contributed by atoms with Crippen molar-refractivity contribution in [2.45, 2.75) is 0 Å². The van der Waals surface area contributed by atoms with E-state index in [0.717, 1.165) is 17.1 Å². The first-order valence-corrected chi connectivity index (χ1v) is 7.62. The van der Waals surface area contributed by atoms with Crippen molar-refractivity contribution in [3.8, 4) is 11.5 Å². The number of carbonyl (C=O) groups excluding carboxylic acids is 1. The maximum atomic E-state index is 12.2. The van der Waals surface area contributed by atoms with Gasteiger partial charge < -0.3 is 0 Å². The van der Waals surface area contributed by atoms with Gasteiger partial charge in [-0.25, -0.2) is 0 Å². The smallest absolute Gasteiger partial charge is 0.257 e. The molecular formula is C16H13N5OS. The molecule has 0 aliphatic carbocycles. The van der Waals surface area contributed by atoms with Gasteiger partial charge in [0.05, 0.1) is 0 Å². The third kappa shape index (κ3) is 3.64. The van der Waals surface area contributed by atoms with E-state index in [1.807, 2.05) is 30.3 Å². The van der Waals surface area contributed by atoms with Gasteiger partial charge in [0, 0.05) is 36.6 Å². The monoisotopic (exact) mass is 323 g/mol. The quantitative estimate of drug-likeness (QED) is 0.749. The third-order valence-electron chi connectivity index (χ3n) is 2.99. The van der Waals surface area contributed by atoms with Crippen molar-refractivity contribution in [1.29, 1.82) is 0 Å². The number of hydrogen-bond acceptors (Lipinski definition) is 6. The summed E-state index contributed by atoms with van der Waals surface area (Å²) >= 11 is 1.12. The molecule has 2 heterocycles. The van der Waals surface area contributed by atoms with Crippen LogP contribution in [-0.4, -0.2) is 33.5 Å². The normalized spacial score (nSPS) is 10.8. The van der Waals surface area contributed by atoms with Gasteiger partial charge in [0.25, 0.3) is 5.91 Å². The summed E-state index contributed by atoms with van der Waals surface area (Å²) in [6.07, 6.45) is 3.40. The average molecular weight is 323 g/mol. The van der Waals surface area contributed by atoms with Crippen LogP contribution in [0.1, 0.15) is 15.9 Å². The SMILES string of the molecule is C/N=C/c1ccc(C(=O)Nc2nc(-c3ccccn3)ns2)cc1. The number of aliphatic imine (C=N–C) groups is 1. The lowest BCUT2D eigenvalue weighted by molar-refractivity contribution is 0.102. The molecule has 3 rings (SSSR count). The highest BCUT2D eigenvalue weighted by molar-refractivity contribution is 7.10. The number of amides is 1. The number of hydrogen-bond donors (Lipinski definition) is 1. The maximum Gasteiger partial charge on any atom is 0.257 e. The Bertz CT molecular complexity index is 827. The molecule has 1 N–H and O–H groups in total. The van der Waals surface area contributed by atoms with Crippen LogP contribution in [0, 0.1) is 0 Å². The van der Waals surface area contributed by atoms with Crippen molar-refractivity contribution in [1.82, 2.24) is 14.3 Å². The van der Waals surface area contributed by atoms with Crippen LogP contribution in [0.15, 0.2) is 53.7 Å². The first kappa shape index (κ1) is 15.0. The molecule has 0 bridgehead atoms. The topological polar surface area (TPSA) is 80.1 Å². The lowest BCUT2D eigenvalue weighted by Crippen LogP contribution is -2.11. The van der Waals surface area contributed by atoms with E-state index in [2.05, 4.69) is 24.7 Å². The highest BCUT2D eigenvalue weighted by Gasteiger charge is 2.11. The molecule has 2 aromatic heterocycles. The van der Waals surface area contributed by atoms with Crippen molar-refractivity contribution in [2.75, 3.05) is 12.4 Å². The molecule has 1 aromatic carbocycles. The molecule has 0 saturated carbocycles. The zero-order valence-corrected chi connectivity index (χ0v) is 13.1. The molecule has 6 nitrogen and oxygen atoms in total. The largest absolute Gasteiger partial charge is 0.297 e. The fourth-order valence-electron chi connectivity index (χ4n) is 1.91. The average Bonchev–Trinajstić information content (AvgIpc) is 3.05. The Morgan fingerprint density at radius 3 is 2.74 bits per heavy atom. The fourth-order valence-corrected chi connectivity index (χ4v) is 2.49. The van der Waals surface area contributed by atoms with Crippen LogP contribution >= 0.6 is 11.5 Å². The van der Waals surface area contributed by atoms with Crippen LogP contribution in [0.3, 0.4) is 0 Å². The molecule has 7 heteroatoms. The van der Waals surface area contributed by atoms with E-state index < -0.39 is 0 Å². The molecule has 0 atom stereocenters. The molecule has 0 fully saturated rings. The van der Waals surface area contributed by atoms with Crippen molar-refractivity contribution >= 4 is 28.8 Å². The van der Waals surface area contributed by atoms with Crippen LogP contribution in [0.5, 0.6) is 0 Å². The van der Waals surface area contributed by atoms with E-state index in [1.54, 1.807) is 31.6 Å². The van der Waals surface area contributed by atoms with E-state index >= 15 is 0 Å². The summed E-state index contributed by atoms with van der Waals surface area (Å²) in [5, 5.41) is 3.18. The number of carbonyl (C=O) groups is 1. The van der Waals surface area contributed by atoms with Gasteiger partial charge in [-0.1, -0.05) is 18.2 Å². The number of anilines is 1.